The van der Waals surface area contributed by atoms with E-state index in [4.69, 9.17) is 19.3 Å². The van der Waals surface area contributed by atoms with Gasteiger partial charge in [0.2, 0.25) is 13.0 Å². The highest BCUT2D eigenvalue weighted by Crippen LogP contribution is 2.48. The van der Waals surface area contributed by atoms with Crippen molar-refractivity contribution in [1.29, 1.82) is 0 Å². The van der Waals surface area contributed by atoms with Gasteiger partial charge in [0.15, 0.2) is 11.5 Å². The van der Waals surface area contributed by atoms with Gasteiger partial charge in [0.25, 0.3) is 0 Å². The van der Waals surface area contributed by atoms with Crippen LogP contribution in [0.2, 0.25) is 0 Å². The highest BCUT2D eigenvalue weighted by Gasteiger charge is 2.41. The van der Waals surface area contributed by atoms with E-state index in [-0.39, 0.29) is 19.1 Å². The van der Waals surface area contributed by atoms with Crippen molar-refractivity contribution in [3.05, 3.63) is 89.5 Å². The molecule has 3 aliphatic heterocycles. The lowest BCUT2D eigenvalue weighted by Gasteiger charge is -2.38. The maximum absolute atomic E-state index is 6.40. The highest BCUT2D eigenvalue weighted by atomic mass is 16.7. The highest BCUT2D eigenvalue weighted by molar-refractivity contribution is 6.01. The molecule has 0 radical (unpaired) electrons. The van der Waals surface area contributed by atoms with E-state index in [9.17, 15) is 0 Å². The number of para-hydroxylation sites is 1. The summed E-state index contributed by atoms with van der Waals surface area (Å²) in [5.41, 5.74) is 4.41. The fourth-order valence-corrected chi connectivity index (χ4v) is 4.13. The minimum atomic E-state index is -0.310. The zero-order chi connectivity index (χ0) is 18.5. The monoisotopic (exact) mass is 370 g/mol. The largest absolute Gasteiger partial charge is 0.464 e. The summed E-state index contributed by atoms with van der Waals surface area (Å²) in [6.45, 7) is 0.260. The summed E-state index contributed by atoms with van der Waals surface area (Å²) in [5, 5.41) is 7.07. The van der Waals surface area contributed by atoms with E-state index in [2.05, 4.69) is 41.4 Å². The first-order chi connectivity index (χ1) is 13.9. The molecular formula is C23H18N2O3. The maximum Gasteiger partial charge on any atom is 0.231 e. The van der Waals surface area contributed by atoms with Crippen LogP contribution < -0.4 is 14.2 Å². The Balaban J connectivity index is 1.45. The molecule has 0 fully saturated rings. The number of nitrogens with zero attached hydrogens (tertiary/aromatic N) is 2. The van der Waals surface area contributed by atoms with Crippen molar-refractivity contribution in [2.75, 3.05) is 6.79 Å². The van der Waals surface area contributed by atoms with Crippen LogP contribution in [0.4, 0.5) is 0 Å². The zero-order valence-corrected chi connectivity index (χ0v) is 15.1. The fraction of sp³-hybridized carbons (Fsp3) is 0.174. The van der Waals surface area contributed by atoms with Gasteiger partial charge in [-0.25, -0.2) is 5.01 Å². The van der Waals surface area contributed by atoms with Crippen molar-refractivity contribution in [1.82, 2.24) is 5.01 Å². The zero-order valence-electron chi connectivity index (χ0n) is 15.1. The second-order valence-electron chi connectivity index (χ2n) is 7.13. The van der Waals surface area contributed by atoms with E-state index in [1.807, 2.05) is 36.4 Å². The molecule has 0 saturated carbocycles. The second-order valence-corrected chi connectivity index (χ2v) is 7.13. The van der Waals surface area contributed by atoms with Crippen molar-refractivity contribution in [3.63, 3.8) is 0 Å². The predicted octanol–water partition coefficient (Wildman–Crippen LogP) is 4.66. The Hall–Kier alpha value is -3.47. The van der Waals surface area contributed by atoms with Gasteiger partial charge in [-0.15, -0.1) is 0 Å². The third-order valence-corrected chi connectivity index (χ3v) is 5.49. The molecule has 6 rings (SSSR count). The number of hydrogen-bond donors (Lipinski definition) is 0. The summed E-state index contributed by atoms with van der Waals surface area (Å²) in [6.07, 6.45) is 0.543. The molecular weight excluding hydrogens is 352 g/mol. The third-order valence-electron chi connectivity index (χ3n) is 5.49. The molecule has 0 unspecified atom stereocenters. The Morgan fingerprint density at radius 3 is 2.57 bits per heavy atom. The van der Waals surface area contributed by atoms with Gasteiger partial charge in [0.05, 0.1) is 11.8 Å². The number of fused-ring (bicyclic) bond motifs is 4. The smallest absolute Gasteiger partial charge is 0.231 e. The molecule has 3 aliphatic rings. The molecule has 0 N–H and O–H groups in total. The van der Waals surface area contributed by atoms with E-state index in [0.717, 1.165) is 40.5 Å². The first-order valence-electron chi connectivity index (χ1n) is 9.43. The molecule has 3 aromatic carbocycles. The van der Waals surface area contributed by atoms with Gasteiger partial charge in [-0.05, 0) is 29.8 Å². The first-order valence-corrected chi connectivity index (χ1v) is 9.43. The Morgan fingerprint density at radius 1 is 0.821 bits per heavy atom. The molecule has 0 amide bonds. The van der Waals surface area contributed by atoms with E-state index in [1.54, 1.807) is 0 Å². The molecule has 0 bridgehead atoms. The van der Waals surface area contributed by atoms with Gasteiger partial charge < -0.3 is 14.2 Å². The van der Waals surface area contributed by atoms with Crippen LogP contribution in [0.5, 0.6) is 17.2 Å². The molecule has 5 heteroatoms. The SMILES string of the molecule is c1ccc(C2=NN3[C@@H](c4ccc5c(c4)OCO5)Oc4ccccc4[C@@H]3C2)cc1. The summed E-state index contributed by atoms with van der Waals surface area (Å²) < 4.78 is 17.4. The standard InChI is InChI=1S/C23H18N2O3/c1-2-6-15(7-3-1)18-13-19-17-8-4-5-9-20(17)28-23(25(19)24-18)16-10-11-21-22(12-16)27-14-26-21/h1-12,19,23H,13-14H2/t19-,23+/m0/s1. The van der Waals surface area contributed by atoms with Crippen LogP contribution >= 0.6 is 0 Å². The van der Waals surface area contributed by atoms with Crippen LogP contribution in [0.1, 0.15) is 35.4 Å². The third kappa shape index (κ3) is 2.36. The lowest BCUT2D eigenvalue weighted by Crippen LogP contribution is -2.33. The van der Waals surface area contributed by atoms with E-state index < -0.39 is 0 Å². The molecule has 28 heavy (non-hydrogen) atoms. The van der Waals surface area contributed by atoms with Crippen molar-refractivity contribution >= 4 is 5.71 Å². The number of hydrogen-bond acceptors (Lipinski definition) is 5. The fourth-order valence-electron chi connectivity index (χ4n) is 4.13. The molecule has 0 aliphatic carbocycles. The van der Waals surface area contributed by atoms with Crippen LogP contribution in [0.15, 0.2) is 77.9 Å². The number of rotatable bonds is 2. The predicted molar refractivity (Wildman–Crippen MR) is 105 cm³/mol. The van der Waals surface area contributed by atoms with Gasteiger partial charge in [0, 0.05) is 17.5 Å². The molecule has 0 spiro atoms. The molecule has 138 valence electrons. The Labute approximate surface area is 162 Å². The number of ether oxygens (including phenoxy) is 3. The van der Waals surface area contributed by atoms with Crippen LogP contribution in [-0.2, 0) is 0 Å². The van der Waals surface area contributed by atoms with E-state index >= 15 is 0 Å². The molecule has 0 aromatic heterocycles. The minimum Gasteiger partial charge on any atom is -0.464 e. The Kier molecular flexibility index (Phi) is 3.35. The summed E-state index contributed by atoms with van der Waals surface area (Å²) in [7, 11) is 0. The Bertz CT molecular complexity index is 1080. The van der Waals surface area contributed by atoms with Crippen molar-refractivity contribution < 1.29 is 14.2 Å². The normalized spacial score (nSPS) is 21.6. The van der Waals surface area contributed by atoms with Gasteiger partial charge in [-0.3, -0.25) is 0 Å². The average molecular weight is 370 g/mol. The molecule has 5 nitrogen and oxygen atoms in total. The molecule has 3 aromatic rings. The van der Waals surface area contributed by atoms with Crippen LogP contribution in [0.25, 0.3) is 0 Å². The van der Waals surface area contributed by atoms with Gasteiger partial charge in [-0.1, -0.05) is 48.5 Å². The van der Waals surface area contributed by atoms with Crippen LogP contribution in [0, 0.1) is 0 Å². The quantitative estimate of drug-likeness (QED) is 0.658. The molecule has 0 saturated heterocycles. The van der Waals surface area contributed by atoms with Gasteiger partial charge in [0.1, 0.15) is 5.75 Å². The molecule has 2 atom stereocenters. The number of benzene rings is 3. The van der Waals surface area contributed by atoms with Crippen molar-refractivity contribution in [2.24, 2.45) is 5.10 Å². The van der Waals surface area contributed by atoms with Gasteiger partial charge in [-0.2, -0.15) is 5.10 Å². The van der Waals surface area contributed by atoms with Crippen molar-refractivity contribution in [3.8, 4) is 17.2 Å². The lowest BCUT2D eigenvalue weighted by atomic mass is 9.96. The van der Waals surface area contributed by atoms with Crippen LogP contribution in [0.3, 0.4) is 0 Å². The van der Waals surface area contributed by atoms with Crippen LogP contribution in [-0.4, -0.2) is 17.5 Å². The van der Waals surface area contributed by atoms with Gasteiger partial charge >= 0.3 is 0 Å². The minimum absolute atomic E-state index is 0.149. The Morgan fingerprint density at radius 2 is 1.64 bits per heavy atom. The van der Waals surface area contributed by atoms with E-state index in [1.165, 1.54) is 5.56 Å². The topological polar surface area (TPSA) is 43.3 Å². The molecule has 3 heterocycles. The van der Waals surface area contributed by atoms with Crippen molar-refractivity contribution in [2.45, 2.75) is 18.7 Å². The van der Waals surface area contributed by atoms with E-state index in [0.29, 0.717) is 0 Å². The summed E-state index contributed by atoms with van der Waals surface area (Å²) in [4.78, 5) is 0. The summed E-state index contributed by atoms with van der Waals surface area (Å²) >= 11 is 0. The lowest BCUT2D eigenvalue weighted by molar-refractivity contribution is -0.0191. The maximum atomic E-state index is 6.40. The first kappa shape index (κ1) is 15.6. The summed E-state index contributed by atoms with van der Waals surface area (Å²) in [6, 6.07) is 24.7. The average Bonchev–Trinajstić information content (AvgIpc) is 3.40. The number of hydrazone groups is 1. The second kappa shape index (κ2) is 6.02. The summed E-state index contributed by atoms with van der Waals surface area (Å²) in [5.74, 6) is 2.44.